The summed E-state index contributed by atoms with van der Waals surface area (Å²) in [6.45, 7) is 3.15. The van der Waals surface area contributed by atoms with Crippen LogP contribution in [0.3, 0.4) is 0 Å². The number of nitrogens with one attached hydrogen (secondary N) is 2. The molecule has 0 saturated carbocycles. The minimum Gasteiger partial charge on any atom is -0.385 e. The van der Waals surface area contributed by atoms with Crippen molar-refractivity contribution in [3.63, 3.8) is 0 Å². The molecule has 0 aromatic heterocycles. The van der Waals surface area contributed by atoms with Crippen molar-refractivity contribution in [3.8, 4) is 0 Å². The third kappa shape index (κ3) is 2.20. The predicted molar refractivity (Wildman–Crippen MR) is 64.1 cm³/mol. The first-order chi connectivity index (χ1) is 7.63. The van der Waals surface area contributed by atoms with Gasteiger partial charge in [-0.05, 0) is 36.6 Å². The van der Waals surface area contributed by atoms with Crippen LogP contribution in [0.15, 0.2) is 23.1 Å². The molecule has 0 atom stereocenters. The van der Waals surface area contributed by atoms with Gasteiger partial charge < -0.3 is 5.32 Å². The maximum absolute atomic E-state index is 11.8. The molecule has 1 aromatic carbocycles. The van der Waals surface area contributed by atoms with Gasteiger partial charge in [-0.2, -0.15) is 0 Å². The fourth-order valence-electron chi connectivity index (χ4n) is 1.89. The van der Waals surface area contributed by atoms with Crippen molar-refractivity contribution >= 4 is 15.7 Å². The van der Waals surface area contributed by atoms with E-state index in [0.717, 1.165) is 30.6 Å². The molecule has 0 bridgehead atoms. The van der Waals surface area contributed by atoms with Gasteiger partial charge in [-0.15, -0.1) is 0 Å². The zero-order valence-electron chi connectivity index (χ0n) is 9.29. The van der Waals surface area contributed by atoms with E-state index < -0.39 is 10.0 Å². The van der Waals surface area contributed by atoms with Gasteiger partial charge >= 0.3 is 0 Å². The first kappa shape index (κ1) is 11.4. The van der Waals surface area contributed by atoms with Crippen LogP contribution in [0.4, 0.5) is 5.69 Å². The number of rotatable bonds is 3. The highest BCUT2D eigenvalue weighted by Crippen LogP contribution is 2.24. The summed E-state index contributed by atoms with van der Waals surface area (Å²) in [5.41, 5.74) is 2.15. The Morgan fingerprint density at radius 1 is 1.44 bits per heavy atom. The minimum atomic E-state index is -3.32. The number of anilines is 1. The van der Waals surface area contributed by atoms with Crippen molar-refractivity contribution in [3.05, 3.63) is 23.8 Å². The van der Waals surface area contributed by atoms with Crippen LogP contribution in [-0.4, -0.2) is 21.5 Å². The van der Waals surface area contributed by atoms with Crippen molar-refractivity contribution in [2.45, 2.75) is 24.7 Å². The summed E-state index contributed by atoms with van der Waals surface area (Å²) in [6.07, 6.45) is 2.00. The van der Waals surface area contributed by atoms with Gasteiger partial charge in [0.25, 0.3) is 0 Å². The first-order valence-corrected chi connectivity index (χ1v) is 6.98. The quantitative estimate of drug-likeness (QED) is 0.838. The zero-order chi connectivity index (χ0) is 11.6. The SMILES string of the molecule is CCNS(=O)(=O)c1ccc2c(c1)CCCN2. The molecular weight excluding hydrogens is 224 g/mol. The lowest BCUT2D eigenvalue weighted by Crippen LogP contribution is -2.23. The molecule has 2 N–H and O–H groups in total. The maximum atomic E-state index is 11.8. The second kappa shape index (κ2) is 4.43. The van der Waals surface area contributed by atoms with E-state index in [2.05, 4.69) is 10.0 Å². The Hall–Kier alpha value is -1.07. The molecule has 0 spiro atoms. The van der Waals surface area contributed by atoms with Crippen molar-refractivity contribution in [1.82, 2.24) is 4.72 Å². The molecule has 4 nitrogen and oxygen atoms in total. The molecule has 1 heterocycles. The molecule has 5 heteroatoms. The molecule has 1 aliphatic rings. The standard InChI is InChI=1S/C11H16N2O2S/c1-2-13-16(14,15)10-5-6-11-9(8-10)4-3-7-12-11/h5-6,8,12-13H,2-4,7H2,1H3. The molecule has 1 aromatic rings. The number of fused-ring (bicyclic) bond motifs is 1. The van der Waals surface area contributed by atoms with E-state index in [1.54, 1.807) is 19.1 Å². The fourth-order valence-corrected chi connectivity index (χ4v) is 2.98. The largest absolute Gasteiger partial charge is 0.385 e. The highest BCUT2D eigenvalue weighted by Gasteiger charge is 2.16. The van der Waals surface area contributed by atoms with Crippen molar-refractivity contribution in [2.75, 3.05) is 18.4 Å². The zero-order valence-corrected chi connectivity index (χ0v) is 10.1. The molecule has 0 radical (unpaired) electrons. The van der Waals surface area contributed by atoms with Crippen LogP contribution in [0.25, 0.3) is 0 Å². The smallest absolute Gasteiger partial charge is 0.240 e. The van der Waals surface area contributed by atoms with Gasteiger partial charge in [0.2, 0.25) is 10.0 Å². The average molecular weight is 240 g/mol. The Bertz CT molecular complexity index is 483. The van der Waals surface area contributed by atoms with Crippen molar-refractivity contribution < 1.29 is 8.42 Å². The fraction of sp³-hybridized carbons (Fsp3) is 0.455. The van der Waals surface area contributed by atoms with E-state index in [1.807, 2.05) is 6.07 Å². The van der Waals surface area contributed by atoms with Crippen molar-refractivity contribution in [2.24, 2.45) is 0 Å². The third-order valence-corrected chi connectivity index (χ3v) is 4.20. The lowest BCUT2D eigenvalue weighted by Gasteiger charge is -2.18. The highest BCUT2D eigenvalue weighted by atomic mass is 32.2. The van der Waals surface area contributed by atoms with E-state index in [9.17, 15) is 8.42 Å². The molecule has 0 aliphatic carbocycles. The van der Waals surface area contributed by atoms with E-state index in [1.165, 1.54) is 0 Å². The number of hydrogen-bond acceptors (Lipinski definition) is 3. The van der Waals surface area contributed by atoms with Crippen LogP contribution >= 0.6 is 0 Å². The molecule has 88 valence electrons. The van der Waals surface area contributed by atoms with Gasteiger partial charge in [-0.3, -0.25) is 0 Å². The Morgan fingerprint density at radius 3 is 3.00 bits per heavy atom. The van der Waals surface area contributed by atoms with Gasteiger partial charge in [0, 0.05) is 18.8 Å². The van der Waals surface area contributed by atoms with Gasteiger partial charge in [0.15, 0.2) is 0 Å². The lowest BCUT2D eigenvalue weighted by molar-refractivity contribution is 0.583. The Morgan fingerprint density at radius 2 is 2.25 bits per heavy atom. The van der Waals surface area contributed by atoms with Gasteiger partial charge in [0.1, 0.15) is 0 Å². The summed E-state index contributed by atoms with van der Waals surface area (Å²) < 4.78 is 26.1. The molecular formula is C11H16N2O2S. The minimum absolute atomic E-state index is 0.358. The summed E-state index contributed by atoms with van der Waals surface area (Å²) in [5.74, 6) is 0. The van der Waals surface area contributed by atoms with Crippen LogP contribution in [-0.2, 0) is 16.4 Å². The van der Waals surface area contributed by atoms with Crippen LogP contribution in [0, 0.1) is 0 Å². The highest BCUT2D eigenvalue weighted by molar-refractivity contribution is 7.89. The summed E-state index contributed by atoms with van der Waals surface area (Å²) in [6, 6.07) is 5.26. The van der Waals surface area contributed by atoms with Crippen molar-refractivity contribution in [1.29, 1.82) is 0 Å². The Balaban J connectivity index is 2.37. The second-order valence-electron chi connectivity index (χ2n) is 3.85. The summed E-state index contributed by atoms with van der Waals surface area (Å²) in [7, 11) is -3.32. The summed E-state index contributed by atoms with van der Waals surface area (Å²) >= 11 is 0. The molecule has 16 heavy (non-hydrogen) atoms. The average Bonchev–Trinajstić information content (AvgIpc) is 2.28. The Kier molecular flexibility index (Phi) is 3.16. The van der Waals surface area contributed by atoms with Gasteiger partial charge in [-0.1, -0.05) is 6.92 Å². The summed E-state index contributed by atoms with van der Waals surface area (Å²) in [4.78, 5) is 0.358. The van der Waals surface area contributed by atoms with Crippen LogP contribution in [0.2, 0.25) is 0 Å². The lowest BCUT2D eigenvalue weighted by atomic mass is 10.0. The monoisotopic (exact) mass is 240 g/mol. The Labute approximate surface area is 96.1 Å². The number of benzene rings is 1. The van der Waals surface area contributed by atoms with Gasteiger partial charge in [0.05, 0.1) is 4.90 Å². The van der Waals surface area contributed by atoms with Crippen LogP contribution < -0.4 is 10.0 Å². The molecule has 1 aliphatic heterocycles. The van der Waals surface area contributed by atoms with E-state index in [0.29, 0.717) is 11.4 Å². The maximum Gasteiger partial charge on any atom is 0.240 e. The number of aryl methyl sites for hydroxylation is 1. The molecule has 0 unspecified atom stereocenters. The summed E-state index contributed by atoms with van der Waals surface area (Å²) in [5, 5.41) is 3.26. The number of sulfonamides is 1. The number of hydrogen-bond donors (Lipinski definition) is 2. The topological polar surface area (TPSA) is 58.2 Å². The second-order valence-corrected chi connectivity index (χ2v) is 5.62. The molecule has 0 fully saturated rings. The molecule has 0 amide bonds. The van der Waals surface area contributed by atoms with Gasteiger partial charge in [-0.25, -0.2) is 13.1 Å². The van der Waals surface area contributed by atoms with E-state index in [-0.39, 0.29) is 0 Å². The third-order valence-electron chi connectivity index (χ3n) is 2.66. The van der Waals surface area contributed by atoms with E-state index in [4.69, 9.17) is 0 Å². The predicted octanol–water partition coefficient (Wildman–Crippen LogP) is 1.34. The first-order valence-electron chi connectivity index (χ1n) is 5.50. The molecule has 2 rings (SSSR count). The van der Waals surface area contributed by atoms with Crippen LogP contribution in [0.5, 0.6) is 0 Å². The van der Waals surface area contributed by atoms with Crippen LogP contribution in [0.1, 0.15) is 18.9 Å². The van der Waals surface area contributed by atoms with E-state index >= 15 is 0 Å². The molecule has 0 saturated heterocycles. The normalized spacial score (nSPS) is 15.3.